The highest BCUT2D eigenvalue weighted by atomic mass is 15.1. The first-order valence-electron chi connectivity index (χ1n) is 5.69. The summed E-state index contributed by atoms with van der Waals surface area (Å²) in [5, 5.41) is 11.2. The molecule has 78 valence electrons. The number of fused-ring (bicyclic) bond motifs is 3. The zero-order valence-corrected chi connectivity index (χ0v) is 8.80. The predicted octanol–water partition coefficient (Wildman–Crippen LogP) is 3.23. The quantitative estimate of drug-likeness (QED) is 0.656. The van der Waals surface area contributed by atoms with Crippen LogP contribution in [0.3, 0.4) is 0 Å². The fourth-order valence-corrected chi connectivity index (χ4v) is 2.97. The summed E-state index contributed by atoms with van der Waals surface area (Å²) >= 11 is 0. The second-order valence-corrected chi connectivity index (χ2v) is 4.46. The number of pyridine rings is 1. The molecule has 0 amide bonds. The number of rotatable bonds is 0. The topological polar surface area (TPSA) is 37.6 Å². The van der Waals surface area contributed by atoms with E-state index in [0.29, 0.717) is 5.92 Å². The van der Waals surface area contributed by atoms with Crippen LogP contribution in [0.2, 0.25) is 0 Å². The van der Waals surface area contributed by atoms with Crippen LogP contribution in [-0.4, -0.2) is 11.5 Å². The summed E-state index contributed by atoms with van der Waals surface area (Å²) in [6.45, 7) is 0.853. The van der Waals surface area contributed by atoms with Gasteiger partial charge in [0.05, 0.1) is 12.2 Å². The Hall–Kier alpha value is -1.77. The van der Waals surface area contributed by atoms with Crippen LogP contribution in [0, 0.1) is 0 Å². The van der Waals surface area contributed by atoms with Crippen molar-refractivity contribution < 1.29 is 0 Å². The van der Waals surface area contributed by atoms with Crippen molar-refractivity contribution in [2.75, 3.05) is 6.54 Å². The van der Waals surface area contributed by atoms with Crippen molar-refractivity contribution in [1.82, 2.24) is 4.98 Å². The van der Waals surface area contributed by atoms with E-state index in [1.54, 1.807) is 0 Å². The maximum atomic E-state index is 4.51. The lowest BCUT2D eigenvalue weighted by molar-refractivity contribution is 0.468. The number of nitrogens with zero attached hydrogens (tertiary/aromatic N) is 3. The molecule has 0 bridgehead atoms. The molecular formula is C13H11N3. The van der Waals surface area contributed by atoms with Crippen LogP contribution < -0.4 is 0 Å². The average molecular weight is 209 g/mol. The molecule has 2 unspecified atom stereocenters. The summed E-state index contributed by atoms with van der Waals surface area (Å²) in [4.78, 5) is 4.51. The molecule has 0 N–H and O–H groups in total. The van der Waals surface area contributed by atoms with Crippen LogP contribution in [0.15, 0.2) is 40.7 Å². The van der Waals surface area contributed by atoms with Crippen molar-refractivity contribution in [1.29, 1.82) is 0 Å². The smallest absolute Gasteiger partial charge is 0.120 e. The number of azo groups is 1. The summed E-state index contributed by atoms with van der Waals surface area (Å²) in [6, 6.07) is 8.76. The van der Waals surface area contributed by atoms with Crippen LogP contribution in [0.25, 0.3) is 10.8 Å². The maximum absolute atomic E-state index is 4.51. The van der Waals surface area contributed by atoms with E-state index in [4.69, 9.17) is 0 Å². The average Bonchev–Trinajstić information content (AvgIpc) is 2.68. The van der Waals surface area contributed by atoms with Crippen molar-refractivity contribution in [2.45, 2.75) is 18.4 Å². The molecule has 4 rings (SSSR count). The van der Waals surface area contributed by atoms with Crippen LogP contribution >= 0.6 is 0 Å². The first-order valence-corrected chi connectivity index (χ1v) is 5.69. The van der Waals surface area contributed by atoms with Gasteiger partial charge >= 0.3 is 0 Å². The van der Waals surface area contributed by atoms with Crippen molar-refractivity contribution in [3.8, 4) is 0 Å². The van der Waals surface area contributed by atoms with Gasteiger partial charge < -0.3 is 0 Å². The molecule has 2 atom stereocenters. The largest absolute Gasteiger partial charge is 0.258 e. The zero-order chi connectivity index (χ0) is 10.5. The molecule has 1 aliphatic heterocycles. The lowest BCUT2D eigenvalue weighted by Gasteiger charge is -2.19. The Balaban J connectivity index is 2.12. The summed E-state index contributed by atoms with van der Waals surface area (Å²) in [7, 11) is 0. The first-order chi connectivity index (χ1) is 7.95. The van der Waals surface area contributed by atoms with E-state index in [0.717, 1.165) is 18.7 Å². The fraction of sp³-hybridized carbons (Fsp3) is 0.308. The van der Waals surface area contributed by atoms with Gasteiger partial charge in [0.25, 0.3) is 0 Å². The molecule has 1 aromatic heterocycles. The third kappa shape index (κ3) is 0.907. The van der Waals surface area contributed by atoms with Crippen LogP contribution in [0.5, 0.6) is 0 Å². The number of aromatic nitrogens is 1. The van der Waals surface area contributed by atoms with Gasteiger partial charge in [-0.3, -0.25) is 4.98 Å². The third-order valence-corrected chi connectivity index (χ3v) is 3.66. The molecule has 1 aliphatic carbocycles. The molecule has 0 spiro atoms. The Morgan fingerprint density at radius 1 is 1.19 bits per heavy atom. The highest BCUT2D eigenvalue weighted by Crippen LogP contribution is 2.49. The van der Waals surface area contributed by atoms with Gasteiger partial charge in [-0.05, 0) is 23.4 Å². The zero-order valence-electron chi connectivity index (χ0n) is 8.80. The SMILES string of the molecule is c1cc2c3c(nccc3c1)C1N=NCCC21. The van der Waals surface area contributed by atoms with Crippen molar-refractivity contribution >= 4 is 10.8 Å². The predicted molar refractivity (Wildman–Crippen MR) is 61.6 cm³/mol. The fourth-order valence-electron chi connectivity index (χ4n) is 2.97. The van der Waals surface area contributed by atoms with E-state index in [2.05, 4.69) is 39.5 Å². The van der Waals surface area contributed by atoms with Gasteiger partial charge in [-0.1, -0.05) is 18.2 Å². The maximum Gasteiger partial charge on any atom is 0.120 e. The van der Waals surface area contributed by atoms with Gasteiger partial charge in [-0.2, -0.15) is 10.2 Å². The van der Waals surface area contributed by atoms with Gasteiger partial charge in [-0.25, -0.2) is 0 Å². The summed E-state index contributed by atoms with van der Waals surface area (Å²) in [6.07, 6.45) is 2.98. The molecule has 2 aliphatic rings. The van der Waals surface area contributed by atoms with Crippen LogP contribution in [0.4, 0.5) is 0 Å². The summed E-state index contributed by atoms with van der Waals surface area (Å²) in [5.41, 5.74) is 2.55. The molecule has 0 fully saturated rings. The molecular weight excluding hydrogens is 198 g/mol. The number of hydrogen-bond acceptors (Lipinski definition) is 3. The van der Waals surface area contributed by atoms with Gasteiger partial charge in [0.2, 0.25) is 0 Å². The van der Waals surface area contributed by atoms with Gasteiger partial charge in [0.15, 0.2) is 0 Å². The lowest BCUT2D eigenvalue weighted by Crippen LogP contribution is -2.09. The molecule has 0 saturated carbocycles. The van der Waals surface area contributed by atoms with E-state index in [1.807, 2.05) is 6.20 Å². The highest BCUT2D eigenvalue weighted by Gasteiger charge is 2.36. The summed E-state index contributed by atoms with van der Waals surface area (Å²) in [5.74, 6) is 0.506. The Bertz CT molecular complexity index is 598. The van der Waals surface area contributed by atoms with E-state index in [-0.39, 0.29) is 6.04 Å². The van der Waals surface area contributed by atoms with Crippen molar-refractivity contribution in [3.05, 3.63) is 41.7 Å². The van der Waals surface area contributed by atoms with E-state index in [1.165, 1.54) is 16.3 Å². The molecule has 1 aromatic carbocycles. The first kappa shape index (κ1) is 8.39. The lowest BCUT2D eigenvalue weighted by atomic mass is 9.93. The standard InChI is InChI=1S/C13H11N3/c1-2-8-4-6-14-13-11(8)9(3-1)10-5-7-15-16-12(10)13/h1-4,6,10,12H,5,7H2. The van der Waals surface area contributed by atoms with Gasteiger partial charge in [0.1, 0.15) is 6.04 Å². The normalized spacial score (nSPS) is 26.0. The van der Waals surface area contributed by atoms with Crippen molar-refractivity contribution in [2.24, 2.45) is 10.2 Å². The van der Waals surface area contributed by atoms with E-state index in [9.17, 15) is 0 Å². The van der Waals surface area contributed by atoms with Crippen molar-refractivity contribution in [3.63, 3.8) is 0 Å². The minimum atomic E-state index is 0.176. The second-order valence-electron chi connectivity index (χ2n) is 4.46. The highest BCUT2D eigenvalue weighted by molar-refractivity contribution is 5.90. The molecule has 2 aromatic rings. The van der Waals surface area contributed by atoms with Gasteiger partial charge in [-0.15, -0.1) is 0 Å². The van der Waals surface area contributed by atoms with E-state index < -0.39 is 0 Å². The Morgan fingerprint density at radius 3 is 3.19 bits per heavy atom. The number of benzene rings is 1. The van der Waals surface area contributed by atoms with Crippen LogP contribution in [-0.2, 0) is 0 Å². The Kier molecular flexibility index (Phi) is 1.51. The Morgan fingerprint density at radius 2 is 2.19 bits per heavy atom. The third-order valence-electron chi connectivity index (χ3n) is 3.66. The van der Waals surface area contributed by atoms with Crippen LogP contribution in [0.1, 0.15) is 29.6 Å². The monoisotopic (exact) mass is 209 g/mol. The molecule has 2 heterocycles. The summed E-state index contributed by atoms with van der Waals surface area (Å²) < 4.78 is 0. The minimum absolute atomic E-state index is 0.176. The second kappa shape index (κ2) is 2.88. The minimum Gasteiger partial charge on any atom is -0.258 e. The molecule has 3 nitrogen and oxygen atoms in total. The van der Waals surface area contributed by atoms with Gasteiger partial charge in [0, 0.05) is 17.5 Å². The Labute approximate surface area is 93.2 Å². The molecule has 3 heteroatoms. The van der Waals surface area contributed by atoms with E-state index >= 15 is 0 Å². The molecule has 16 heavy (non-hydrogen) atoms. The molecule has 0 saturated heterocycles. The molecule has 0 radical (unpaired) electrons. The number of hydrogen-bond donors (Lipinski definition) is 0.